The van der Waals surface area contributed by atoms with Crippen LogP contribution in [-0.2, 0) is 9.53 Å². The van der Waals surface area contributed by atoms with E-state index in [0.29, 0.717) is 5.92 Å². The van der Waals surface area contributed by atoms with E-state index in [1.165, 1.54) is 7.11 Å². The van der Waals surface area contributed by atoms with Crippen molar-refractivity contribution in [3.05, 3.63) is 0 Å². The second kappa shape index (κ2) is 5.94. The molecule has 0 amide bonds. The summed E-state index contributed by atoms with van der Waals surface area (Å²) in [6, 6.07) is -0.432. The number of methoxy groups -OCH3 is 1. The van der Waals surface area contributed by atoms with Gasteiger partial charge in [-0.15, -0.1) is 0 Å². The molecule has 0 heterocycles. The molecule has 0 fully saturated rings. The lowest BCUT2D eigenvalue weighted by Gasteiger charge is -2.22. The SMILES string of the molecule is COCC(NC(C)C(C)C)C(=O)O. The maximum atomic E-state index is 10.7. The van der Waals surface area contributed by atoms with E-state index in [0.717, 1.165) is 0 Å². The first-order chi connectivity index (χ1) is 5.99. The minimum absolute atomic E-state index is 0.177. The van der Waals surface area contributed by atoms with Gasteiger partial charge in [0.25, 0.3) is 0 Å². The summed E-state index contributed by atoms with van der Waals surface area (Å²) >= 11 is 0. The number of hydrogen-bond donors (Lipinski definition) is 2. The maximum Gasteiger partial charge on any atom is 0.323 e. The number of carboxylic acids is 1. The van der Waals surface area contributed by atoms with Crippen LogP contribution in [0.3, 0.4) is 0 Å². The van der Waals surface area contributed by atoms with Crippen LogP contribution in [0.4, 0.5) is 0 Å². The Kier molecular flexibility index (Phi) is 5.66. The molecule has 0 bridgehead atoms. The van der Waals surface area contributed by atoms with Crippen LogP contribution in [0, 0.1) is 5.92 Å². The van der Waals surface area contributed by atoms with Crippen molar-refractivity contribution in [3.8, 4) is 0 Å². The van der Waals surface area contributed by atoms with Gasteiger partial charge in [-0.05, 0) is 12.8 Å². The standard InChI is InChI=1S/C9H19NO3/c1-6(2)7(3)10-8(5-13-4)9(11)12/h6-8,10H,5H2,1-4H3,(H,11,12). The molecule has 2 atom stereocenters. The van der Waals surface area contributed by atoms with Crippen LogP contribution in [0.5, 0.6) is 0 Å². The van der Waals surface area contributed by atoms with E-state index < -0.39 is 12.0 Å². The summed E-state index contributed by atoms with van der Waals surface area (Å²) in [5.74, 6) is -0.451. The van der Waals surface area contributed by atoms with E-state index in [4.69, 9.17) is 9.84 Å². The zero-order valence-corrected chi connectivity index (χ0v) is 8.70. The summed E-state index contributed by atoms with van der Waals surface area (Å²) in [5, 5.41) is 11.8. The second-order valence-corrected chi connectivity index (χ2v) is 3.55. The van der Waals surface area contributed by atoms with Gasteiger partial charge in [0, 0.05) is 13.2 Å². The van der Waals surface area contributed by atoms with Gasteiger partial charge in [0.1, 0.15) is 6.04 Å². The lowest BCUT2D eigenvalue weighted by molar-refractivity contribution is -0.141. The zero-order chi connectivity index (χ0) is 10.4. The van der Waals surface area contributed by atoms with Gasteiger partial charge in [-0.1, -0.05) is 13.8 Å². The van der Waals surface area contributed by atoms with Crippen molar-refractivity contribution in [2.45, 2.75) is 32.9 Å². The smallest absolute Gasteiger partial charge is 0.323 e. The van der Waals surface area contributed by atoms with Crippen LogP contribution in [0.15, 0.2) is 0 Å². The van der Waals surface area contributed by atoms with Crippen molar-refractivity contribution in [3.63, 3.8) is 0 Å². The Balaban J connectivity index is 4.01. The molecule has 0 aromatic heterocycles. The van der Waals surface area contributed by atoms with Crippen molar-refractivity contribution in [1.29, 1.82) is 0 Å². The molecule has 13 heavy (non-hydrogen) atoms. The lowest BCUT2D eigenvalue weighted by Crippen LogP contribution is -2.46. The van der Waals surface area contributed by atoms with Crippen LogP contribution >= 0.6 is 0 Å². The molecule has 0 aliphatic carbocycles. The number of hydrogen-bond acceptors (Lipinski definition) is 3. The van der Waals surface area contributed by atoms with E-state index in [2.05, 4.69) is 5.32 Å². The number of rotatable bonds is 6. The number of nitrogens with one attached hydrogen (secondary N) is 1. The molecule has 0 saturated heterocycles. The highest BCUT2D eigenvalue weighted by molar-refractivity contribution is 5.73. The highest BCUT2D eigenvalue weighted by Crippen LogP contribution is 2.01. The minimum atomic E-state index is -0.866. The zero-order valence-electron chi connectivity index (χ0n) is 8.70. The molecule has 2 N–H and O–H groups in total. The Hall–Kier alpha value is -0.610. The summed E-state index contributed by atoms with van der Waals surface area (Å²) in [5.41, 5.74) is 0. The summed E-state index contributed by atoms with van der Waals surface area (Å²) in [7, 11) is 1.50. The molecular weight excluding hydrogens is 170 g/mol. The lowest BCUT2D eigenvalue weighted by atomic mass is 10.1. The van der Waals surface area contributed by atoms with Crippen LogP contribution in [0.1, 0.15) is 20.8 Å². The third-order valence-corrected chi connectivity index (χ3v) is 2.10. The first-order valence-corrected chi connectivity index (χ1v) is 4.46. The third-order valence-electron chi connectivity index (χ3n) is 2.10. The van der Waals surface area contributed by atoms with E-state index in [1.807, 2.05) is 20.8 Å². The number of aliphatic carboxylic acids is 1. The average Bonchev–Trinajstić information content (AvgIpc) is 2.03. The molecule has 0 aliphatic heterocycles. The first kappa shape index (κ1) is 12.4. The van der Waals surface area contributed by atoms with Crippen molar-refractivity contribution in [1.82, 2.24) is 5.32 Å². The largest absolute Gasteiger partial charge is 0.480 e. The molecular formula is C9H19NO3. The molecule has 0 saturated carbocycles. The molecule has 0 aliphatic rings. The number of ether oxygens (including phenoxy) is 1. The van der Waals surface area contributed by atoms with Gasteiger partial charge in [-0.2, -0.15) is 0 Å². The van der Waals surface area contributed by atoms with Crippen molar-refractivity contribution in [2.24, 2.45) is 5.92 Å². The molecule has 0 aromatic carbocycles. The van der Waals surface area contributed by atoms with Crippen LogP contribution in [-0.4, -0.2) is 36.9 Å². The summed E-state index contributed by atoms with van der Waals surface area (Å²) in [4.78, 5) is 10.7. The van der Waals surface area contributed by atoms with E-state index >= 15 is 0 Å². The predicted molar refractivity (Wildman–Crippen MR) is 50.7 cm³/mol. The van der Waals surface area contributed by atoms with Crippen molar-refractivity contribution < 1.29 is 14.6 Å². The average molecular weight is 189 g/mol. The number of carbonyl (C=O) groups is 1. The Morgan fingerprint density at radius 3 is 2.31 bits per heavy atom. The van der Waals surface area contributed by atoms with Gasteiger partial charge in [-0.3, -0.25) is 10.1 Å². The second-order valence-electron chi connectivity index (χ2n) is 3.55. The fourth-order valence-corrected chi connectivity index (χ4v) is 0.867. The molecule has 0 spiro atoms. The Morgan fingerprint density at radius 1 is 1.46 bits per heavy atom. The summed E-state index contributed by atoms with van der Waals surface area (Å²) in [6.07, 6.45) is 0. The van der Waals surface area contributed by atoms with Gasteiger partial charge < -0.3 is 9.84 Å². The highest BCUT2D eigenvalue weighted by Gasteiger charge is 2.20. The fourth-order valence-electron chi connectivity index (χ4n) is 0.867. The van der Waals surface area contributed by atoms with Gasteiger partial charge in [0.15, 0.2) is 0 Å². The topological polar surface area (TPSA) is 58.6 Å². The van der Waals surface area contributed by atoms with Gasteiger partial charge >= 0.3 is 5.97 Å². The van der Waals surface area contributed by atoms with Crippen LogP contribution in [0.2, 0.25) is 0 Å². The van der Waals surface area contributed by atoms with Crippen molar-refractivity contribution in [2.75, 3.05) is 13.7 Å². The van der Waals surface area contributed by atoms with Gasteiger partial charge in [0.2, 0.25) is 0 Å². The first-order valence-electron chi connectivity index (χ1n) is 4.46. The quantitative estimate of drug-likeness (QED) is 0.646. The van der Waals surface area contributed by atoms with Gasteiger partial charge in [0.05, 0.1) is 6.61 Å². The fraction of sp³-hybridized carbons (Fsp3) is 0.889. The number of carboxylic acid groups (broad SMARTS) is 1. The van der Waals surface area contributed by atoms with Crippen LogP contribution in [0.25, 0.3) is 0 Å². The molecule has 4 heteroatoms. The molecule has 0 aromatic rings. The molecule has 0 radical (unpaired) electrons. The third kappa shape index (κ3) is 4.85. The van der Waals surface area contributed by atoms with E-state index in [-0.39, 0.29) is 12.6 Å². The van der Waals surface area contributed by atoms with Crippen LogP contribution < -0.4 is 5.32 Å². The normalized spacial score (nSPS) is 15.8. The van der Waals surface area contributed by atoms with Gasteiger partial charge in [-0.25, -0.2) is 0 Å². The minimum Gasteiger partial charge on any atom is -0.480 e. The van der Waals surface area contributed by atoms with Crippen molar-refractivity contribution >= 4 is 5.97 Å². The maximum absolute atomic E-state index is 10.7. The Labute approximate surface area is 79.3 Å². The summed E-state index contributed by atoms with van der Waals surface area (Å²) in [6.45, 7) is 6.26. The molecule has 2 unspecified atom stereocenters. The predicted octanol–water partition coefficient (Wildman–Crippen LogP) is 0.720. The molecule has 0 rings (SSSR count). The Morgan fingerprint density at radius 2 is 2.00 bits per heavy atom. The summed E-state index contributed by atoms with van der Waals surface area (Å²) < 4.78 is 4.80. The Bertz CT molecular complexity index is 159. The van der Waals surface area contributed by atoms with E-state index in [9.17, 15) is 4.79 Å². The van der Waals surface area contributed by atoms with E-state index in [1.54, 1.807) is 0 Å². The molecule has 78 valence electrons. The molecule has 4 nitrogen and oxygen atoms in total. The highest BCUT2D eigenvalue weighted by atomic mass is 16.5. The monoisotopic (exact) mass is 189 g/mol.